The molecule has 0 rings (SSSR count). The van der Waals surface area contributed by atoms with E-state index in [1.165, 1.54) is 0 Å². The van der Waals surface area contributed by atoms with Crippen LogP contribution in [0.4, 0.5) is 0 Å². The van der Waals surface area contributed by atoms with Crippen LogP contribution in [-0.4, -0.2) is 13.2 Å². The van der Waals surface area contributed by atoms with Crippen LogP contribution in [0.25, 0.3) is 0 Å². The number of allylic oxidation sites excluding steroid dienone is 1. The van der Waals surface area contributed by atoms with Gasteiger partial charge >= 0.3 is 0 Å². The third kappa shape index (κ3) is 5.50. The summed E-state index contributed by atoms with van der Waals surface area (Å²) in [6.07, 6.45) is 4.63. The van der Waals surface area contributed by atoms with Crippen LogP contribution in [0.3, 0.4) is 0 Å². The predicted molar refractivity (Wildman–Crippen MR) is 33.1 cm³/mol. The van der Waals surface area contributed by atoms with E-state index < -0.39 is 0 Å². The summed E-state index contributed by atoms with van der Waals surface area (Å²) in [5.41, 5.74) is 3.68. The Labute approximate surface area is 50.3 Å². The third-order valence-corrected chi connectivity index (χ3v) is 0.744. The van der Waals surface area contributed by atoms with Gasteiger partial charge in [-0.15, -0.1) is 0 Å². The normalized spacial score (nSPS) is 10.2. The molecule has 0 saturated heterocycles. The van der Waals surface area contributed by atoms with Crippen molar-refractivity contribution in [3.8, 4) is 0 Å². The molecule has 0 aromatic heterocycles. The molecule has 0 aliphatic carbocycles. The number of quaternary nitrogens is 1. The molecule has 0 spiro atoms. The molecule has 0 atom stereocenters. The van der Waals surface area contributed by atoms with Crippen LogP contribution in [0.2, 0.25) is 0 Å². The Morgan fingerprint density at radius 3 is 2.88 bits per heavy atom. The van der Waals surface area contributed by atoms with E-state index in [9.17, 15) is 0 Å². The van der Waals surface area contributed by atoms with E-state index in [1.807, 2.05) is 13.0 Å². The Hall–Kier alpha value is -0.500. The summed E-state index contributed by atoms with van der Waals surface area (Å²) < 4.78 is 5.00. The Balaban J connectivity index is 2.72. The average molecular weight is 116 g/mol. The van der Waals surface area contributed by atoms with Crippen molar-refractivity contribution in [1.29, 1.82) is 0 Å². The predicted octanol–water partition coefficient (Wildman–Crippen LogP) is 0.169. The zero-order valence-electron chi connectivity index (χ0n) is 5.39. The van der Waals surface area contributed by atoms with E-state index in [-0.39, 0.29) is 0 Å². The van der Waals surface area contributed by atoms with Crippen molar-refractivity contribution in [3.05, 3.63) is 12.3 Å². The van der Waals surface area contributed by atoms with Gasteiger partial charge in [-0.25, -0.2) is 0 Å². The van der Waals surface area contributed by atoms with Gasteiger partial charge in [0.25, 0.3) is 0 Å². The van der Waals surface area contributed by atoms with E-state index in [4.69, 9.17) is 4.74 Å². The zero-order chi connectivity index (χ0) is 6.24. The first-order valence-corrected chi connectivity index (χ1v) is 2.94. The van der Waals surface area contributed by atoms with Crippen LogP contribution in [0, 0.1) is 0 Å². The average Bonchev–Trinajstić information content (AvgIpc) is 1.81. The molecular weight excluding hydrogens is 102 g/mol. The summed E-state index contributed by atoms with van der Waals surface area (Å²) in [4.78, 5) is 0. The maximum absolute atomic E-state index is 5.00. The van der Waals surface area contributed by atoms with Gasteiger partial charge in [-0.2, -0.15) is 0 Å². The molecule has 2 nitrogen and oxygen atoms in total. The third-order valence-electron chi connectivity index (χ3n) is 0.744. The number of rotatable bonds is 4. The van der Waals surface area contributed by atoms with E-state index in [0.29, 0.717) is 0 Å². The summed E-state index contributed by atoms with van der Waals surface area (Å²) in [6.45, 7) is 3.69. The molecule has 0 unspecified atom stereocenters. The lowest BCUT2D eigenvalue weighted by atomic mass is 10.5. The second kappa shape index (κ2) is 6.50. The lowest BCUT2D eigenvalue weighted by Gasteiger charge is -1.93. The quantitative estimate of drug-likeness (QED) is 0.412. The maximum Gasteiger partial charge on any atom is 0.0926 e. The van der Waals surface area contributed by atoms with Crippen LogP contribution in [-0.2, 0) is 4.74 Å². The zero-order valence-corrected chi connectivity index (χ0v) is 5.39. The first kappa shape index (κ1) is 7.50. The Morgan fingerprint density at radius 1 is 1.62 bits per heavy atom. The van der Waals surface area contributed by atoms with Gasteiger partial charge in [0.2, 0.25) is 0 Å². The molecule has 0 fully saturated rings. The Bertz CT molecular complexity index is 61.5. The minimum Gasteiger partial charge on any atom is -0.501 e. The molecular formula is C6H14NO+. The number of hydrogen-bond acceptors (Lipinski definition) is 1. The minimum atomic E-state index is 0.799. The first-order chi connectivity index (χ1) is 3.91. The summed E-state index contributed by atoms with van der Waals surface area (Å²) >= 11 is 0. The fraction of sp³-hybridized carbons (Fsp3) is 0.667. The molecule has 8 heavy (non-hydrogen) atoms. The molecule has 3 N–H and O–H groups in total. The largest absolute Gasteiger partial charge is 0.501 e. The highest BCUT2D eigenvalue weighted by atomic mass is 16.5. The van der Waals surface area contributed by atoms with Gasteiger partial charge in [-0.3, -0.25) is 0 Å². The molecule has 2 heteroatoms. The number of hydrogen-bond donors (Lipinski definition) is 1. The fourth-order valence-corrected chi connectivity index (χ4v) is 0.350. The Morgan fingerprint density at radius 2 is 2.38 bits per heavy atom. The van der Waals surface area contributed by atoms with Gasteiger partial charge in [0.1, 0.15) is 0 Å². The lowest BCUT2D eigenvalue weighted by Crippen LogP contribution is -2.50. The Kier molecular flexibility index (Phi) is 6.09. The summed E-state index contributed by atoms with van der Waals surface area (Å²) in [5, 5.41) is 0. The maximum atomic E-state index is 5.00. The van der Waals surface area contributed by atoms with Crippen molar-refractivity contribution >= 4 is 0 Å². The lowest BCUT2D eigenvalue weighted by molar-refractivity contribution is -0.369. The van der Waals surface area contributed by atoms with Gasteiger partial charge in [0.05, 0.1) is 19.4 Å². The van der Waals surface area contributed by atoms with Crippen molar-refractivity contribution in [3.63, 3.8) is 0 Å². The van der Waals surface area contributed by atoms with Crippen molar-refractivity contribution in [2.24, 2.45) is 0 Å². The SMILES string of the molecule is CC=COCCC[NH3+]. The molecule has 0 saturated carbocycles. The van der Waals surface area contributed by atoms with E-state index in [1.54, 1.807) is 6.26 Å². The van der Waals surface area contributed by atoms with Crippen LogP contribution < -0.4 is 5.73 Å². The summed E-state index contributed by atoms with van der Waals surface area (Å²) in [6, 6.07) is 0. The molecule has 0 radical (unpaired) electrons. The molecule has 0 aliphatic heterocycles. The van der Waals surface area contributed by atoms with Crippen molar-refractivity contribution in [2.45, 2.75) is 13.3 Å². The standard InChI is InChI=1S/C6H13NO/c1-2-5-8-6-3-4-7/h2,5H,3-4,6-7H2,1H3/p+1. The molecule has 0 aromatic rings. The second-order valence-corrected chi connectivity index (χ2v) is 1.55. The molecule has 48 valence electrons. The number of ether oxygens (including phenoxy) is 1. The van der Waals surface area contributed by atoms with Gasteiger partial charge in [0, 0.05) is 6.42 Å². The van der Waals surface area contributed by atoms with Crippen molar-refractivity contribution in [1.82, 2.24) is 0 Å². The molecule has 0 amide bonds. The van der Waals surface area contributed by atoms with E-state index in [0.717, 1.165) is 19.6 Å². The molecule has 0 heterocycles. The topological polar surface area (TPSA) is 36.9 Å². The van der Waals surface area contributed by atoms with Crippen molar-refractivity contribution in [2.75, 3.05) is 13.2 Å². The first-order valence-electron chi connectivity index (χ1n) is 2.94. The van der Waals surface area contributed by atoms with Gasteiger partial charge < -0.3 is 10.5 Å². The monoisotopic (exact) mass is 116 g/mol. The smallest absolute Gasteiger partial charge is 0.0926 e. The molecule has 0 bridgehead atoms. The van der Waals surface area contributed by atoms with Crippen LogP contribution in [0.5, 0.6) is 0 Å². The molecule has 0 aromatic carbocycles. The van der Waals surface area contributed by atoms with Gasteiger partial charge in [0.15, 0.2) is 0 Å². The fourth-order valence-electron chi connectivity index (χ4n) is 0.350. The van der Waals surface area contributed by atoms with Crippen molar-refractivity contribution < 1.29 is 10.5 Å². The highest BCUT2D eigenvalue weighted by Crippen LogP contribution is 1.78. The minimum absolute atomic E-state index is 0.799. The summed E-state index contributed by atoms with van der Waals surface area (Å²) in [5.74, 6) is 0. The highest BCUT2D eigenvalue weighted by Gasteiger charge is 1.79. The van der Waals surface area contributed by atoms with Crippen LogP contribution >= 0.6 is 0 Å². The van der Waals surface area contributed by atoms with Crippen LogP contribution in [0.15, 0.2) is 12.3 Å². The van der Waals surface area contributed by atoms with Gasteiger partial charge in [-0.05, 0) is 6.92 Å². The highest BCUT2D eigenvalue weighted by molar-refractivity contribution is 4.64. The molecule has 0 aliphatic rings. The van der Waals surface area contributed by atoms with Crippen LogP contribution in [0.1, 0.15) is 13.3 Å². The van der Waals surface area contributed by atoms with E-state index in [2.05, 4.69) is 5.73 Å². The second-order valence-electron chi connectivity index (χ2n) is 1.55. The van der Waals surface area contributed by atoms with Gasteiger partial charge in [-0.1, -0.05) is 6.08 Å². The summed E-state index contributed by atoms with van der Waals surface area (Å²) in [7, 11) is 0. The van der Waals surface area contributed by atoms with E-state index >= 15 is 0 Å².